The highest BCUT2D eigenvalue weighted by Gasteiger charge is 2.35. The average molecular weight is 784 g/mol. The summed E-state index contributed by atoms with van der Waals surface area (Å²) in [6.07, 6.45) is 2.85. The predicted octanol–water partition coefficient (Wildman–Crippen LogP) is 8.19. The van der Waals surface area contributed by atoms with E-state index in [0.717, 1.165) is 72.5 Å². The van der Waals surface area contributed by atoms with Crippen LogP contribution in [0.25, 0.3) is 0 Å². The van der Waals surface area contributed by atoms with E-state index in [2.05, 4.69) is 66.9 Å². The van der Waals surface area contributed by atoms with Crippen molar-refractivity contribution in [2.24, 2.45) is 0 Å². The van der Waals surface area contributed by atoms with Gasteiger partial charge in [-0.3, -0.25) is 9.80 Å². The average Bonchev–Trinajstić information content (AvgIpc) is 3.24. The van der Waals surface area contributed by atoms with Gasteiger partial charge in [0.25, 0.3) is 0 Å². The lowest BCUT2D eigenvalue weighted by atomic mass is 9.86. The zero-order chi connectivity index (χ0) is 40.5. The van der Waals surface area contributed by atoms with Crippen LogP contribution in [0.2, 0.25) is 0 Å². The predicted molar refractivity (Wildman–Crippen MR) is 225 cm³/mol. The molecule has 0 unspecified atom stereocenters. The van der Waals surface area contributed by atoms with Crippen LogP contribution in [0.4, 0.5) is 5.69 Å². The highest BCUT2D eigenvalue weighted by atomic mass is 16.6. The van der Waals surface area contributed by atoms with E-state index in [1.807, 2.05) is 48.5 Å². The summed E-state index contributed by atoms with van der Waals surface area (Å²) in [4.78, 5) is 21.0. The number of anilines is 1. The number of fused-ring (bicyclic) bond motifs is 2. The summed E-state index contributed by atoms with van der Waals surface area (Å²) >= 11 is 0. The number of aliphatic hydroxyl groups excluding tert-OH is 2. The Labute approximate surface area is 341 Å². The van der Waals surface area contributed by atoms with Gasteiger partial charge in [0.1, 0.15) is 11.5 Å². The number of ether oxygens (including phenoxy) is 4. The molecule has 6 bridgehead atoms. The lowest BCUT2D eigenvalue weighted by molar-refractivity contribution is 0.0725. The van der Waals surface area contributed by atoms with Crippen LogP contribution in [0, 0.1) is 0 Å². The van der Waals surface area contributed by atoms with Crippen LogP contribution in [-0.4, -0.2) is 73.4 Å². The van der Waals surface area contributed by atoms with Gasteiger partial charge in [-0.15, -0.1) is 0 Å². The Morgan fingerprint density at radius 1 is 0.759 bits per heavy atom. The van der Waals surface area contributed by atoms with Crippen LogP contribution in [0.3, 0.4) is 0 Å². The molecule has 0 aliphatic carbocycles. The van der Waals surface area contributed by atoms with Crippen molar-refractivity contribution < 1.29 is 34.0 Å². The minimum atomic E-state index is -0.557. The van der Waals surface area contributed by atoms with Crippen LogP contribution < -0.4 is 23.8 Å². The Morgan fingerprint density at radius 3 is 2.10 bits per heavy atom. The molecular formula is C48H53N3O7. The fourth-order valence-electron chi connectivity index (χ4n) is 8.85. The molecular weight excluding hydrogens is 731 g/mol. The largest absolute Gasteiger partial charge is 0.493 e. The van der Waals surface area contributed by atoms with Gasteiger partial charge in [0.15, 0.2) is 23.0 Å². The van der Waals surface area contributed by atoms with Crippen molar-refractivity contribution >= 4 is 11.7 Å². The molecule has 58 heavy (non-hydrogen) atoms. The van der Waals surface area contributed by atoms with E-state index in [4.69, 9.17) is 18.9 Å². The molecule has 302 valence electrons. The maximum atomic E-state index is 14.1. The van der Waals surface area contributed by atoms with E-state index in [-0.39, 0.29) is 31.0 Å². The van der Waals surface area contributed by atoms with E-state index in [9.17, 15) is 15.0 Å². The lowest BCUT2D eigenvalue weighted by Crippen LogP contribution is -2.34. The summed E-state index contributed by atoms with van der Waals surface area (Å²) in [7, 11) is 5.88. The van der Waals surface area contributed by atoms with Gasteiger partial charge in [-0.25, -0.2) is 4.79 Å². The van der Waals surface area contributed by atoms with Gasteiger partial charge >= 0.3 is 5.97 Å². The maximum Gasteiger partial charge on any atom is 0.343 e. The van der Waals surface area contributed by atoms with Crippen molar-refractivity contribution in [3.05, 3.63) is 135 Å². The third kappa shape index (κ3) is 7.65. The van der Waals surface area contributed by atoms with Crippen LogP contribution in [0.5, 0.6) is 34.5 Å². The number of esters is 1. The number of nitrogens with zero attached hydrogens (tertiary/aromatic N) is 3. The number of carbonyl (C=O) groups is 1. The van der Waals surface area contributed by atoms with Crippen LogP contribution in [0.15, 0.2) is 84.9 Å². The third-order valence-corrected chi connectivity index (χ3v) is 12.2. The molecule has 2 N–H and O–H groups in total. The zero-order valence-electron chi connectivity index (χ0n) is 34.1. The monoisotopic (exact) mass is 783 g/mol. The first-order chi connectivity index (χ1) is 28.2. The van der Waals surface area contributed by atoms with Gasteiger partial charge in [-0.1, -0.05) is 18.2 Å². The summed E-state index contributed by atoms with van der Waals surface area (Å²) in [5.41, 5.74) is 8.83. The van der Waals surface area contributed by atoms with Gasteiger partial charge < -0.3 is 34.1 Å². The molecule has 0 saturated heterocycles. The van der Waals surface area contributed by atoms with Crippen molar-refractivity contribution in [2.45, 2.75) is 64.8 Å². The summed E-state index contributed by atoms with van der Waals surface area (Å²) in [5, 5.41) is 21.8. The molecule has 5 aromatic rings. The molecule has 0 spiro atoms. The molecule has 0 fully saturated rings. The fraction of sp³-hybridized carbons (Fsp3) is 0.354. The van der Waals surface area contributed by atoms with Gasteiger partial charge in [0, 0.05) is 60.6 Å². The highest BCUT2D eigenvalue weighted by Crippen LogP contribution is 2.49. The summed E-state index contributed by atoms with van der Waals surface area (Å²) in [6, 6.07) is 27.6. The highest BCUT2D eigenvalue weighted by molar-refractivity contribution is 5.92. The standard InChI is InChI=1S/C48H53N3O7/c1-6-51(7-2)37-13-11-32(12-14-37)48(54)58-46-36(29-53)26-34-19-21-50(4)41-23-31-10-17-42(55-5)44(24-31)56-38-15-8-30(9-16-38)22-40-39-27-43(57-47(46)45(34)41)35(28-52)25-33(39)18-20-49(40)3/h8-17,24-27,40-41,52-53H,6-7,18-23,28-29H2,1-5H3/t40-,41-/m0/s1. The quantitative estimate of drug-likeness (QED) is 0.118. The minimum Gasteiger partial charge on any atom is -0.493 e. The first-order valence-corrected chi connectivity index (χ1v) is 20.4. The molecule has 0 aromatic heterocycles. The van der Waals surface area contributed by atoms with Crippen LogP contribution in [0.1, 0.15) is 80.8 Å². The molecule has 4 aliphatic heterocycles. The van der Waals surface area contributed by atoms with Crippen molar-refractivity contribution in [2.75, 3.05) is 52.3 Å². The molecule has 4 heterocycles. The summed E-state index contributed by atoms with van der Waals surface area (Å²) < 4.78 is 25.8. The van der Waals surface area contributed by atoms with Crippen LogP contribution in [-0.2, 0) is 38.9 Å². The molecule has 9 rings (SSSR count). The molecule has 10 nitrogen and oxygen atoms in total. The molecule has 4 aliphatic rings. The zero-order valence-corrected chi connectivity index (χ0v) is 34.1. The Hall–Kier alpha value is -5.39. The second kappa shape index (κ2) is 16.8. The van der Waals surface area contributed by atoms with Crippen molar-refractivity contribution in [1.29, 1.82) is 0 Å². The van der Waals surface area contributed by atoms with Gasteiger partial charge in [0.2, 0.25) is 0 Å². The number of carbonyl (C=O) groups excluding carboxylic acids is 1. The number of likely N-dealkylation sites (N-methyl/N-ethyl adjacent to an activating group) is 2. The molecule has 0 radical (unpaired) electrons. The first kappa shape index (κ1) is 39.4. The number of benzene rings is 5. The number of hydrogen-bond acceptors (Lipinski definition) is 10. The summed E-state index contributed by atoms with van der Waals surface area (Å²) in [6.45, 7) is 6.92. The molecule has 5 aromatic carbocycles. The number of methoxy groups -OCH3 is 1. The van der Waals surface area contributed by atoms with E-state index >= 15 is 0 Å². The SMILES string of the molecule is CCN(CC)c1ccc(C(=O)Oc2c(CO)cc3c4c2Oc2cc5c(cc2CO)CCN(C)[C@H]5Cc2ccc(cc2)Oc2cc(ccc2OC)C[C@@H]4N(C)CC3)cc1. The third-order valence-electron chi connectivity index (χ3n) is 12.2. The lowest BCUT2D eigenvalue weighted by Gasteiger charge is -2.37. The Balaban J connectivity index is 1.32. The first-order valence-electron chi connectivity index (χ1n) is 20.4. The van der Waals surface area contributed by atoms with Crippen molar-refractivity contribution in [3.8, 4) is 34.5 Å². The van der Waals surface area contributed by atoms with Crippen molar-refractivity contribution in [1.82, 2.24) is 9.80 Å². The topological polar surface area (TPSA) is 104 Å². The van der Waals surface area contributed by atoms with Gasteiger partial charge in [-0.2, -0.15) is 0 Å². The summed E-state index contributed by atoms with van der Waals surface area (Å²) in [5.74, 6) is 2.42. The Kier molecular flexibility index (Phi) is 11.4. The fourth-order valence-corrected chi connectivity index (χ4v) is 8.85. The second-order valence-corrected chi connectivity index (χ2v) is 15.6. The maximum absolute atomic E-state index is 14.1. The Bertz CT molecular complexity index is 2290. The normalized spacial score (nSPS) is 17.6. The van der Waals surface area contributed by atoms with Gasteiger partial charge in [-0.05, 0) is 148 Å². The number of aliphatic hydroxyl groups is 2. The van der Waals surface area contributed by atoms with Gasteiger partial charge in [0.05, 0.1) is 25.9 Å². The molecule has 10 heteroatoms. The van der Waals surface area contributed by atoms with Crippen LogP contribution >= 0.6 is 0 Å². The molecule has 0 amide bonds. The Morgan fingerprint density at radius 2 is 1.41 bits per heavy atom. The van der Waals surface area contributed by atoms with Crippen molar-refractivity contribution in [3.63, 3.8) is 0 Å². The smallest absolute Gasteiger partial charge is 0.343 e. The molecule has 0 saturated carbocycles. The van der Waals surface area contributed by atoms with E-state index in [1.165, 1.54) is 5.56 Å². The minimum absolute atomic E-state index is 0.0365. The molecule has 2 atom stereocenters. The second-order valence-electron chi connectivity index (χ2n) is 15.6. The number of rotatable bonds is 8. The number of hydrogen-bond donors (Lipinski definition) is 2. The van der Waals surface area contributed by atoms with E-state index < -0.39 is 5.97 Å². The van der Waals surface area contributed by atoms with E-state index in [1.54, 1.807) is 19.2 Å². The van der Waals surface area contributed by atoms with E-state index in [0.29, 0.717) is 58.3 Å².